The standard InChI is InChI=1S/C20H32N6O/c1-15-12-17(23-19(21-2)22-15)25-10-7-20(8-11-25)6-4-18(27)26(14-20)16-5-9-24(3)13-16/h12,16H,4-11,13-14H2,1-3H3,(H,21,22,23)/t16-/m1/s1. The van der Waals surface area contributed by atoms with Gasteiger partial charge < -0.3 is 20.0 Å². The topological polar surface area (TPSA) is 64.6 Å². The van der Waals surface area contributed by atoms with E-state index in [0.29, 0.717) is 23.3 Å². The van der Waals surface area contributed by atoms with Crippen LogP contribution in [0.2, 0.25) is 0 Å². The van der Waals surface area contributed by atoms with Crippen molar-refractivity contribution in [2.75, 3.05) is 57.0 Å². The average Bonchev–Trinajstić information content (AvgIpc) is 3.10. The summed E-state index contributed by atoms with van der Waals surface area (Å²) in [5.41, 5.74) is 1.28. The first kappa shape index (κ1) is 18.5. The molecule has 3 aliphatic rings. The van der Waals surface area contributed by atoms with Gasteiger partial charge in [0.15, 0.2) is 0 Å². The minimum Gasteiger partial charge on any atom is -0.357 e. The van der Waals surface area contributed by atoms with Crippen molar-refractivity contribution in [1.29, 1.82) is 0 Å². The van der Waals surface area contributed by atoms with Gasteiger partial charge >= 0.3 is 0 Å². The number of likely N-dealkylation sites (N-methyl/N-ethyl adjacent to an activating group) is 1. The van der Waals surface area contributed by atoms with Crippen LogP contribution < -0.4 is 10.2 Å². The number of carbonyl (C=O) groups is 1. The number of hydrogen-bond acceptors (Lipinski definition) is 6. The fourth-order valence-electron chi connectivity index (χ4n) is 4.99. The monoisotopic (exact) mass is 372 g/mol. The van der Waals surface area contributed by atoms with E-state index < -0.39 is 0 Å². The molecule has 4 rings (SSSR count). The maximum Gasteiger partial charge on any atom is 0.224 e. The zero-order valence-corrected chi connectivity index (χ0v) is 16.9. The van der Waals surface area contributed by atoms with Gasteiger partial charge in [0.25, 0.3) is 0 Å². The number of likely N-dealkylation sites (tertiary alicyclic amines) is 2. The third-order valence-corrected chi connectivity index (χ3v) is 6.71. The highest BCUT2D eigenvalue weighted by atomic mass is 16.2. The van der Waals surface area contributed by atoms with E-state index >= 15 is 0 Å². The van der Waals surface area contributed by atoms with E-state index in [1.165, 1.54) is 0 Å². The maximum absolute atomic E-state index is 12.6. The molecule has 4 heterocycles. The van der Waals surface area contributed by atoms with Crippen LogP contribution in [0.25, 0.3) is 0 Å². The molecule has 1 amide bonds. The van der Waals surface area contributed by atoms with Crippen LogP contribution in [0.1, 0.15) is 37.8 Å². The normalized spacial score (nSPS) is 26.0. The van der Waals surface area contributed by atoms with E-state index in [2.05, 4.69) is 43.1 Å². The Balaban J connectivity index is 1.43. The van der Waals surface area contributed by atoms with Gasteiger partial charge in [0.1, 0.15) is 5.82 Å². The lowest BCUT2D eigenvalue weighted by molar-refractivity contribution is -0.141. The van der Waals surface area contributed by atoms with E-state index in [1.807, 2.05) is 14.0 Å². The van der Waals surface area contributed by atoms with Gasteiger partial charge in [-0.05, 0) is 51.6 Å². The van der Waals surface area contributed by atoms with Gasteiger partial charge in [-0.15, -0.1) is 0 Å². The van der Waals surface area contributed by atoms with Crippen LogP contribution in [0.4, 0.5) is 11.8 Å². The number of nitrogens with one attached hydrogen (secondary N) is 1. The number of aryl methyl sites for hydroxylation is 1. The van der Waals surface area contributed by atoms with Crippen molar-refractivity contribution in [1.82, 2.24) is 19.8 Å². The number of piperidine rings is 2. The Kier molecular flexibility index (Phi) is 4.97. The Hall–Kier alpha value is -1.89. The third kappa shape index (κ3) is 3.74. The van der Waals surface area contributed by atoms with Crippen LogP contribution in [-0.2, 0) is 4.79 Å². The van der Waals surface area contributed by atoms with Crippen LogP contribution >= 0.6 is 0 Å². The van der Waals surface area contributed by atoms with E-state index in [1.54, 1.807) is 0 Å². The Labute approximate surface area is 162 Å². The minimum absolute atomic E-state index is 0.291. The summed E-state index contributed by atoms with van der Waals surface area (Å²) in [7, 11) is 4.02. The Morgan fingerprint density at radius 3 is 2.63 bits per heavy atom. The number of aromatic nitrogens is 2. The van der Waals surface area contributed by atoms with Gasteiger partial charge in [-0.3, -0.25) is 4.79 Å². The van der Waals surface area contributed by atoms with Crippen LogP contribution in [0.3, 0.4) is 0 Å². The predicted octanol–water partition coefficient (Wildman–Crippen LogP) is 1.74. The average molecular weight is 373 g/mol. The smallest absolute Gasteiger partial charge is 0.224 e. The molecule has 1 spiro atoms. The zero-order chi connectivity index (χ0) is 19.0. The molecule has 1 N–H and O–H groups in total. The molecule has 3 fully saturated rings. The lowest BCUT2D eigenvalue weighted by Gasteiger charge is -2.49. The van der Waals surface area contributed by atoms with Crippen molar-refractivity contribution in [2.45, 2.75) is 45.1 Å². The first-order chi connectivity index (χ1) is 13.0. The molecule has 0 aromatic carbocycles. The van der Waals surface area contributed by atoms with Gasteiger partial charge in [-0.1, -0.05) is 0 Å². The summed E-state index contributed by atoms with van der Waals surface area (Å²) in [5.74, 6) is 2.07. The van der Waals surface area contributed by atoms with Crippen molar-refractivity contribution in [2.24, 2.45) is 5.41 Å². The van der Waals surface area contributed by atoms with Crippen molar-refractivity contribution in [3.8, 4) is 0 Å². The lowest BCUT2D eigenvalue weighted by atomic mass is 9.72. The summed E-state index contributed by atoms with van der Waals surface area (Å²) >= 11 is 0. The zero-order valence-electron chi connectivity index (χ0n) is 16.9. The highest BCUT2D eigenvalue weighted by Crippen LogP contribution is 2.42. The Morgan fingerprint density at radius 2 is 1.96 bits per heavy atom. The molecule has 3 aliphatic heterocycles. The van der Waals surface area contributed by atoms with Crippen LogP contribution in [0, 0.1) is 12.3 Å². The summed E-state index contributed by atoms with van der Waals surface area (Å²) in [4.78, 5) is 28.6. The molecule has 27 heavy (non-hydrogen) atoms. The summed E-state index contributed by atoms with van der Waals surface area (Å²) < 4.78 is 0. The highest BCUT2D eigenvalue weighted by molar-refractivity contribution is 5.77. The fourth-order valence-corrected chi connectivity index (χ4v) is 4.99. The van der Waals surface area contributed by atoms with Gasteiger partial charge in [-0.25, -0.2) is 4.98 Å². The molecule has 1 aromatic rings. The molecule has 0 bridgehead atoms. The van der Waals surface area contributed by atoms with Gasteiger partial charge in [0.2, 0.25) is 11.9 Å². The van der Waals surface area contributed by atoms with Crippen LogP contribution in [0.15, 0.2) is 6.07 Å². The third-order valence-electron chi connectivity index (χ3n) is 6.71. The molecule has 0 saturated carbocycles. The number of nitrogens with zero attached hydrogens (tertiary/aromatic N) is 5. The number of hydrogen-bond donors (Lipinski definition) is 1. The SMILES string of the molecule is CNc1nc(C)cc(N2CCC3(CCC(=O)N([C@@H]4CCN(C)C4)C3)CC2)n1. The number of anilines is 2. The summed E-state index contributed by atoms with van der Waals surface area (Å²) in [5, 5.41) is 3.05. The quantitative estimate of drug-likeness (QED) is 0.872. The second kappa shape index (κ2) is 7.26. The highest BCUT2D eigenvalue weighted by Gasteiger charge is 2.43. The maximum atomic E-state index is 12.6. The molecule has 1 aromatic heterocycles. The second-order valence-electron chi connectivity index (χ2n) is 8.65. The van der Waals surface area contributed by atoms with E-state index in [9.17, 15) is 4.79 Å². The Bertz CT molecular complexity index is 700. The molecule has 7 nitrogen and oxygen atoms in total. The molecule has 1 atom stereocenters. The first-order valence-corrected chi connectivity index (χ1v) is 10.2. The minimum atomic E-state index is 0.291. The van der Waals surface area contributed by atoms with E-state index in [-0.39, 0.29) is 0 Å². The Morgan fingerprint density at radius 1 is 1.19 bits per heavy atom. The van der Waals surface area contributed by atoms with Crippen LogP contribution in [0.5, 0.6) is 0 Å². The predicted molar refractivity (Wildman–Crippen MR) is 107 cm³/mol. The molecule has 148 valence electrons. The molecule has 7 heteroatoms. The summed E-state index contributed by atoms with van der Waals surface area (Å²) in [6, 6.07) is 2.49. The van der Waals surface area contributed by atoms with Crippen molar-refractivity contribution >= 4 is 17.7 Å². The number of carbonyl (C=O) groups excluding carboxylic acids is 1. The molecular formula is C20H32N6O. The summed E-state index contributed by atoms with van der Waals surface area (Å²) in [6.07, 6.45) is 5.16. The number of rotatable bonds is 3. The molecule has 0 unspecified atom stereocenters. The second-order valence-corrected chi connectivity index (χ2v) is 8.65. The number of amides is 1. The van der Waals surface area contributed by atoms with Gasteiger partial charge in [-0.2, -0.15) is 4.98 Å². The first-order valence-electron chi connectivity index (χ1n) is 10.2. The van der Waals surface area contributed by atoms with Crippen molar-refractivity contribution in [3.63, 3.8) is 0 Å². The summed E-state index contributed by atoms with van der Waals surface area (Å²) in [6.45, 7) is 7.11. The largest absolute Gasteiger partial charge is 0.357 e. The van der Waals surface area contributed by atoms with Gasteiger partial charge in [0.05, 0.1) is 0 Å². The lowest BCUT2D eigenvalue weighted by Crippen LogP contribution is -2.55. The molecule has 0 aliphatic carbocycles. The van der Waals surface area contributed by atoms with Gasteiger partial charge in [0, 0.05) is 57.4 Å². The van der Waals surface area contributed by atoms with Crippen molar-refractivity contribution in [3.05, 3.63) is 11.8 Å². The van der Waals surface area contributed by atoms with Crippen LogP contribution in [-0.4, -0.2) is 78.5 Å². The van der Waals surface area contributed by atoms with E-state index in [0.717, 1.165) is 76.3 Å². The van der Waals surface area contributed by atoms with Crippen molar-refractivity contribution < 1.29 is 4.79 Å². The fraction of sp³-hybridized carbons (Fsp3) is 0.750. The molecule has 0 radical (unpaired) electrons. The molecular weight excluding hydrogens is 340 g/mol. The van der Waals surface area contributed by atoms with E-state index in [4.69, 9.17) is 0 Å². The molecule has 3 saturated heterocycles.